The molecule has 0 unspecified atom stereocenters. The van der Waals surface area contributed by atoms with Gasteiger partial charge >= 0.3 is 11.9 Å². The van der Waals surface area contributed by atoms with Crippen molar-refractivity contribution in [1.82, 2.24) is 15.2 Å². The highest BCUT2D eigenvalue weighted by Gasteiger charge is 2.25. The standard InChI is InChI=1S/C22H25N3O8/c1-7-13-17(21(26)31-6)11(2)18(23-13)22(27)32-10-16-24-25-20(33-16)12-8-14(28-3)19(30-5)15(9-12)29-4/h8-9,23H,7,10H2,1-6H3. The second-order valence-corrected chi connectivity index (χ2v) is 6.81. The Morgan fingerprint density at radius 2 is 1.67 bits per heavy atom. The van der Waals surface area contributed by atoms with E-state index in [0.717, 1.165) is 0 Å². The third-order valence-corrected chi connectivity index (χ3v) is 4.98. The molecule has 0 radical (unpaired) electrons. The fourth-order valence-electron chi connectivity index (χ4n) is 3.34. The monoisotopic (exact) mass is 459 g/mol. The number of benzene rings is 1. The number of nitrogens with one attached hydrogen (secondary N) is 1. The van der Waals surface area contributed by atoms with Crippen molar-refractivity contribution >= 4 is 11.9 Å². The highest BCUT2D eigenvalue weighted by atomic mass is 16.5. The van der Waals surface area contributed by atoms with Crippen molar-refractivity contribution in [2.75, 3.05) is 28.4 Å². The summed E-state index contributed by atoms with van der Waals surface area (Å²) in [5, 5.41) is 7.92. The molecule has 176 valence electrons. The minimum atomic E-state index is -0.662. The summed E-state index contributed by atoms with van der Waals surface area (Å²) in [7, 11) is 5.78. The molecule has 0 aliphatic heterocycles. The molecule has 2 aromatic heterocycles. The lowest BCUT2D eigenvalue weighted by molar-refractivity contribution is 0.0431. The molecule has 0 fully saturated rings. The molecule has 0 saturated heterocycles. The molecule has 11 heteroatoms. The Balaban J connectivity index is 1.78. The molecule has 0 atom stereocenters. The first-order valence-electron chi connectivity index (χ1n) is 9.97. The molecular formula is C22H25N3O8. The van der Waals surface area contributed by atoms with E-state index in [2.05, 4.69) is 15.2 Å². The number of methoxy groups -OCH3 is 4. The second kappa shape index (κ2) is 10.1. The van der Waals surface area contributed by atoms with Crippen LogP contribution in [0.3, 0.4) is 0 Å². The van der Waals surface area contributed by atoms with E-state index in [0.29, 0.717) is 46.1 Å². The van der Waals surface area contributed by atoms with Gasteiger partial charge < -0.3 is 33.1 Å². The molecule has 0 aliphatic rings. The Kier molecular flexibility index (Phi) is 7.21. The molecule has 11 nitrogen and oxygen atoms in total. The van der Waals surface area contributed by atoms with Gasteiger partial charge in [0.05, 0.1) is 34.0 Å². The number of H-pyrrole nitrogens is 1. The third kappa shape index (κ3) is 4.61. The van der Waals surface area contributed by atoms with Gasteiger partial charge in [-0.1, -0.05) is 6.92 Å². The average Bonchev–Trinajstić information content (AvgIpc) is 3.45. The minimum absolute atomic E-state index is 0.0835. The molecule has 0 saturated carbocycles. The Bertz CT molecular complexity index is 1140. The minimum Gasteiger partial charge on any atom is -0.493 e. The molecule has 0 amide bonds. The summed E-state index contributed by atoms with van der Waals surface area (Å²) in [6.45, 7) is 3.24. The number of ether oxygens (including phenoxy) is 5. The van der Waals surface area contributed by atoms with Crippen LogP contribution >= 0.6 is 0 Å². The average molecular weight is 459 g/mol. The number of carbonyl (C=O) groups excluding carboxylic acids is 2. The summed E-state index contributed by atoms with van der Waals surface area (Å²) in [5.41, 5.74) is 2.07. The van der Waals surface area contributed by atoms with Crippen LogP contribution in [0.4, 0.5) is 0 Å². The van der Waals surface area contributed by atoms with Gasteiger partial charge in [-0.3, -0.25) is 0 Å². The van der Waals surface area contributed by atoms with E-state index in [4.69, 9.17) is 28.1 Å². The van der Waals surface area contributed by atoms with E-state index in [9.17, 15) is 9.59 Å². The largest absolute Gasteiger partial charge is 0.493 e. The van der Waals surface area contributed by atoms with Crippen LogP contribution in [0.1, 0.15) is 44.9 Å². The summed E-state index contributed by atoms with van der Waals surface area (Å²) in [5.74, 6) is 0.354. The van der Waals surface area contributed by atoms with Crippen LogP contribution in [0.2, 0.25) is 0 Å². The van der Waals surface area contributed by atoms with E-state index in [1.807, 2.05) is 6.92 Å². The maximum Gasteiger partial charge on any atom is 0.355 e. The van der Waals surface area contributed by atoms with E-state index in [1.54, 1.807) is 19.1 Å². The van der Waals surface area contributed by atoms with Crippen LogP contribution in [-0.4, -0.2) is 55.6 Å². The molecule has 3 rings (SSSR count). The fourth-order valence-corrected chi connectivity index (χ4v) is 3.34. The van der Waals surface area contributed by atoms with Crippen LogP contribution in [0, 0.1) is 6.92 Å². The number of aromatic nitrogens is 3. The highest BCUT2D eigenvalue weighted by Crippen LogP contribution is 2.40. The summed E-state index contributed by atoms with van der Waals surface area (Å²) >= 11 is 0. The van der Waals surface area contributed by atoms with Crippen LogP contribution in [0.25, 0.3) is 11.5 Å². The Morgan fingerprint density at radius 3 is 2.21 bits per heavy atom. The van der Waals surface area contributed by atoms with Crippen LogP contribution in [0.15, 0.2) is 16.5 Å². The number of hydrogen-bond acceptors (Lipinski definition) is 10. The van der Waals surface area contributed by atoms with E-state index in [1.165, 1.54) is 28.4 Å². The maximum atomic E-state index is 12.6. The molecule has 1 N–H and O–H groups in total. The van der Waals surface area contributed by atoms with E-state index >= 15 is 0 Å². The van der Waals surface area contributed by atoms with Crippen molar-refractivity contribution in [3.63, 3.8) is 0 Å². The van der Waals surface area contributed by atoms with Gasteiger partial charge in [-0.2, -0.15) is 0 Å². The number of aromatic amines is 1. The van der Waals surface area contributed by atoms with E-state index < -0.39 is 11.9 Å². The van der Waals surface area contributed by atoms with Crippen molar-refractivity contribution in [3.8, 4) is 28.7 Å². The summed E-state index contributed by atoms with van der Waals surface area (Å²) in [6, 6.07) is 3.32. The topological polar surface area (TPSA) is 135 Å². The van der Waals surface area contributed by atoms with Gasteiger partial charge in [-0.15, -0.1) is 10.2 Å². The SMILES string of the molecule is CCc1[nH]c(C(=O)OCc2nnc(-c3cc(OC)c(OC)c(OC)c3)o2)c(C)c1C(=O)OC. The molecular weight excluding hydrogens is 434 g/mol. The summed E-state index contributed by atoms with van der Waals surface area (Å²) in [6.07, 6.45) is 0.514. The second-order valence-electron chi connectivity index (χ2n) is 6.81. The van der Waals surface area contributed by atoms with Crippen LogP contribution in [0.5, 0.6) is 17.2 Å². The number of aryl methyl sites for hydroxylation is 1. The third-order valence-electron chi connectivity index (χ3n) is 4.98. The van der Waals surface area contributed by atoms with Crippen molar-refractivity contribution in [2.24, 2.45) is 0 Å². The van der Waals surface area contributed by atoms with Crippen LogP contribution in [-0.2, 0) is 22.5 Å². The van der Waals surface area contributed by atoms with E-state index in [-0.39, 0.29) is 24.1 Å². The Morgan fingerprint density at radius 1 is 1.00 bits per heavy atom. The van der Waals surface area contributed by atoms with Gasteiger partial charge in [0, 0.05) is 11.3 Å². The predicted octanol–water partition coefficient (Wildman–Crippen LogP) is 3.10. The number of nitrogens with zero attached hydrogens (tertiary/aromatic N) is 2. The first-order chi connectivity index (χ1) is 15.9. The lowest BCUT2D eigenvalue weighted by Gasteiger charge is -2.12. The lowest BCUT2D eigenvalue weighted by atomic mass is 10.1. The van der Waals surface area contributed by atoms with Gasteiger partial charge in [0.25, 0.3) is 5.89 Å². The Labute approximate surface area is 189 Å². The molecule has 1 aromatic carbocycles. The number of carbonyl (C=O) groups is 2. The molecule has 33 heavy (non-hydrogen) atoms. The van der Waals surface area contributed by atoms with Gasteiger partial charge in [0.15, 0.2) is 18.1 Å². The zero-order chi connectivity index (χ0) is 24.1. The van der Waals surface area contributed by atoms with Crippen LogP contribution < -0.4 is 14.2 Å². The molecule has 2 heterocycles. The molecule has 3 aromatic rings. The molecule has 0 aliphatic carbocycles. The quantitative estimate of drug-likeness (QED) is 0.475. The van der Waals surface area contributed by atoms with Gasteiger partial charge in [-0.05, 0) is 31.0 Å². The lowest BCUT2D eigenvalue weighted by Crippen LogP contribution is -2.08. The van der Waals surface area contributed by atoms with Gasteiger partial charge in [-0.25, -0.2) is 9.59 Å². The number of esters is 2. The fraction of sp³-hybridized carbons (Fsp3) is 0.364. The zero-order valence-electron chi connectivity index (χ0n) is 19.2. The first-order valence-corrected chi connectivity index (χ1v) is 9.97. The summed E-state index contributed by atoms with van der Waals surface area (Å²) < 4.78 is 31.7. The zero-order valence-corrected chi connectivity index (χ0v) is 19.2. The number of hydrogen-bond donors (Lipinski definition) is 1. The first kappa shape index (κ1) is 23.6. The van der Waals surface area contributed by atoms with Gasteiger partial charge in [0.2, 0.25) is 11.6 Å². The summed E-state index contributed by atoms with van der Waals surface area (Å²) in [4.78, 5) is 27.6. The smallest absolute Gasteiger partial charge is 0.355 e. The van der Waals surface area contributed by atoms with Crippen molar-refractivity contribution in [3.05, 3.63) is 40.5 Å². The highest BCUT2D eigenvalue weighted by molar-refractivity contribution is 5.98. The molecule has 0 bridgehead atoms. The maximum absolute atomic E-state index is 12.6. The molecule has 0 spiro atoms. The van der Waals surface area contributed by atoms with Crippen molar-refractivity contribution < 1.29 is 37.7 Å². The normalized spacial score (nSPS) is 10.6. The van der Waals surface area contributed by atoms with Crippen molar-refractivity contribution in [2.45, 2.75) is 26.9 Å². The van der Waals surface area contributed by atoms with Crippen molar-refractivity contribution in [1.29, 1.82) is 0 Å². The number of rotatable bonds is 9. The van der Waals surface area contributed by atoms with Gasteiger partial charge in [0.1, 0.15) is 5.69 Å². The predicted molar refractivity (Wildman–Crippen MR) is 115 cm³/mol. The Hall–Kier alpha value is -4.02.